The highest BCUT2D eigenvalue weighted by atomic mass is 16.5. The molecule has 0 heterocycles. The molecule has 0 spiro atoms. The van der Waals surface area contributed by atoms with Crippen LogP contribution in [0.25, 0.3) is 0 Å². The second-order valence-corrected chi connectivity index (χ2v) is 3.83. The van der Waals surface area contributed by atoms with E-state index in [-0.39, 0.29) is 24.9 Å². The van der Waals surface area contributed by atoms with Crippen LogP contribution in [-0.2, 0) is 14.3 Å². The summed E-state index contributed by atoms with van der Waals surface area (Å²) in [5, 5.41) is 8.38. The first-order chi connectivity index (χ1) is 7.18. The van der Waals surface area contributed by atoms with E-state index in [1.54, 1.807) is 0 Å². The zero-order valence-corrected chi connectivity index (χ0v) is 8.78. The van der Waals surface area contributed by atoms with Crippen molar-refractivity contribution in [2.45, 2.75) is 51.0 Å². The molecule has 0 bridgehead atoms. The molecule has 15 heavy (non-hydrogen) atoms. The summed E-state index contributed by atoms with van der Waals surface area (Å²) in [5.74, 6) is -1.26. The van der Waals surface area contributed by atoms with E-state index < -0.39 is 5.97 Å². The first-order valence-electron chi connectivity index (χ1n) is 5.44. The molecule has 1 aliphatic carbocycles. The van der Waals surface area contributed by atoms with Gasteiger partial charge in [0.1, 0.15) is 6.10 Å². The average molecular weight is 213 g/mol. The number of carbonyl (C=O) groups excluding carboxylic acids is 1. The van der Waals surface area contributed by atoms with Crippen LogP contribution in [0.4, 0.5) is 0 Å². The molecule has 0 aromatic rings. The van der Waals surface area contributed by atoms with E-state index >= 15 is 0 Å². The molecule has 0 saturated heterocycles. The fourth-order valence-corrected chi connectivity index (χ4v) is 1.71. The quantitative estimate of drug-likeness (QED) is 0.709. The maximum atomic E-state index is 11.2. The molecule has 85 valence electrons. The molecule has 4 heteroatoms. The number of ether oxygens (including phenoxy) is 1. The zero-order valence-electron chi connectivity index (χ0n) is 8.78. The molecule has 0 unspecified atom stereocenters. The zero-order chi connectivity index (χ0) is 11.1. The smallest absolute Gasteiger partial charge is 0.310 e. The van der Waals surface area contributed by atoms with Crippen molar-refractivity contribution < 1.29 is 19.4 Å². The Morgan fingerprint density at radius 1 is 1.27 bits per heavy atom. The number of carbonyl (C=O) groups is 2. The Morgan fingerprint density at radius 3 is 2.53 bits per heavy atom. The molecule has 1 aliphatic rings. The fourth-order valence-electron chi connectivity index (χ4n) is 1.71. The summed E-state index contributed by atoms with van der Waals surface area (Å²) < 4.78 is 5.19. The number of esters is 1. The van der Waals surface area contributed by atoms with Gasteiger partial charge >= 0.3 is 11.9 Å². The highest BCUT2D eigenvalue weighted by Gasteiger charge is 2.17. The minimum absolute atomic E-state index is 0.0141. The Hall–Kier alpha value is -1.06. The maximum Gasteiger partial charge on any atom is 0.310 e. The number of aliphatic carboxylic acids is 1. The Kier molecular flexibility index (Phi) is 5.15. The Labute approximate surface area is 89.6 Å². The molecule has 1 N–H and O–H groups in total. The first-order valence-corrected chi connectivity index (χ1v) is 5.44. The minimum atomic E-state index is -0.892. The third-order valence-corrected chi connectivity index (χ3v) is 2.50. The van der Waals surface area contributed by atoms with E-state index in [0.29, 0.717) is 0 Å². The second-order valence-electron chi connectivity index (χ2n) is 3.83. The second kappa shape index (κ2) is 6.43. The summed E-state index contributed by atoms with van der Waals surface area (Å²) >= 11 is 0. The van der Waals surface area contributed by atoms with E-state index in [1.807, 2.05) is 0 Å². The lowest BCUT2D eigenvalue weighted by Gasteiger charge is -2.21. The lowest BCUT2D eigenvalue weighted by atomic mass is 9.98. The molecule has 1 saturated carbocycles. The van der Waals surface area contributed by atoms with E-state index in [4.69, 9.17) is 9.84 Å². The van der Waals surface area contributed by atoms with Crippen molar-refractivity contribution in [3.63, 3.8) is 0 Å². The molecule has 0 aromatic heterocycles. The molecule has 1 rings (SSSR count). The summed E-state index contributed by atoms with van der Waals surface area (Å²) in [5.41, 5.74) is 0. The van der Waals surface area contributed by atoms with Crippen molar-refractivity contribution in [2.75, 3.05) is 0 Å². The van der Waals surface area contributed by atoms with Gasteiger partial charge in [-0.1, -0.05) is 6.42 Å². The van der Waals surface area contributed by atoms with Crippen LogP contribution in [0.2, 0.25) is 0 Å². The van der Waals surface area contributed by atoms with Crippen LogP contribution in [-0.4, -0.2) is 23.1 Å². The van der Waals surface area contributed by atoms with Gasteiger partial charge in [0, 0.05) is 6.42 Å². The van der Waals surface area contributed by atoms with Gasteiger partial charge in [-0.05, 0) is 32.1 Å². The van der Waals surface area contributed by atoms with Crippen LogP contribution in [0.1, 0.15) is 44.9 Å². The Bertz CT molecular complexity index is 219. The largest absolute Gasteiger partial charge is 0.481 e. The number of carboxylic acid groups (broad SMARTS) is 1. The van der Waals surface area contributed by atoms with Crippen molar-refractivity contribution in [2.24, 2.45) is 0 Å². The standard InChI is InChI=1S/C11H17O4/c12-10(13)7-4-8-11(14)15-9-5-2-1-3-6-9/h8-9H,1-7H2,(H,12,13). The summed E-state index contributed by atoms with van der Waals surface area (Å²) in [6.45, 7) is 0. The number of rotatable bonds is 5. The predicted octanol–water partition coefficient (Wildman–Crippen LogP) is 1.93. The monoisotopic (exact) mass is 213 g/mol. The van der Waals surface area contributed by atoms with Crippen LogP contribution in [0.5, 0.6) is 0 Å². The van der Waals surface area contributed by atoms with Crippen LogP contribution >= 0.6 is 0 Å². The van der Waals surface area contributed by atoms with Crippen molar-refractivity contribution in [3.8, 4) is 0 Å². The third kappa shape index (κ3) is 5.40. The Morgan fingerprint density at radius 2 is 1.93 bits per heavy atom. The molecular weight excluding hydrogens is 196 g/mol. The fraction of sp³-hybridized carbons (Fsp3) is 0.727. The molecule has 0 aliphatic heterocycles. The van der Waals surface area contributed by atoms with Crippen LogP contribution in [0, 0.1) is 6.42 Å². The van der Waals surface area contributed by atoms with E-state index in [1.165, 1.54) is 12.8 Å². The van der Waals surface area contributed by atoms with Gasteiger partial charge in [0.2, 0.25) is 0 Å². The van der Waals surface area contributed by atoms with Crippen LogP contribution in [0.3, 0.4) is 0 Å². The summed E-state index contributed by atoms with van der Waals surface area (Å²) in [7, 11) is 0. The molecular formula is C11H17O4. The van der Waals surface area contributed by atoms with E-state index in [9.17, 15) is 9.59 Å². The molecule has 4 nitrogen and oxygen atoms in total. The molecule has 0 aromatic carbocycles. The SMILES string of the molecule is O=C(O)CC[CH]C(=O)OC1CCCCC1. The maximum absolute atomic E-state index is 11.2. The summed E-state index contributed by atoms with van der Waals surface area (Å²) in [6.07, 6.45) is 6.95. The van der Waals surface area contributed by atoms with E-state index in [2.05, 4.69) is 0 Å². The molecule has 1 radical (unpaired) electrons. The van der Waals surface area contributed by atoms with Crippen molar-refractivity contribution in [1.29, 1.82) is 0 Å². The Balaban J connectivity index is 2.09. The normalized spacial score (nSPS) is 17.3. The van der Waals surface area contributed by atoms with Crippen molar-refractivity contribution in [3.05, 3.63) is 6.42 Å². The van der Waals surface area contributed by atoms with Gasteiger partial charge in [-0.15, -0.1) is 0 Å². The van der Waals surface area contributed by atoms with Crippen molar-refractivity contribution in [1.82, 2.24) is 0 Å². The predicted molar refractivity (Wildman–Crippen MR) is 54.1 cm³/mol. The molecule has 0 atom stereocenters. The first kappa shape index (κ1) is 12.0. The van der Waals surface area contributed by atoms with Gasteiger partial charge in [-0.2, -0.15) is 0 Å². The van der Waals surface area contributed by atoms with Crippen molar-refractivity contribution >= 4 is 11.9 Å². The highest BCUT2D eigenvalue weighted by Crippen LogP contribution is 2.20. The number of carboxylic acids is 1. The number of hydrogen-bond donors (Lipinski definition) is 1. The van der Waals surface area contributed by atoms with Gasteiger partial charge in [-0.3, -0.25) is 9.59 Å². The van der Waals surface area contributed by atoms with Gasteiger partial charge in [0.25, 0.3) is 0 Å². The van der Waals surface area contributed by atoms with Gasteiger partial charge < -0.3 is 9.84 Å². The van der Waals surface area contributed by atoms with Crippen LogP contribution in [0.15, 0.2) is 0 Å². The van der Waals surface area contributed by atoms with Crippen LogP contribution < -0.4 is 0 Å². The highest BCUT2D eigenvalue weighted by molar-refractivity contribution is 5.79. The van der Waals surface area contributed by atoms with Gasteiger partial charge in [0.05, 0.1) is 6.42 Å². The molecule has 1 fully saturated rings. The number of hydrogen-bond acceptors (Lipinski definition) is 3. The van der Waals surface area contributed by atoms with Gasteiger partial charge in [0.15, 0.2) is 0 Å². The summed E-state index contributed by atoms with van der Waals surface area (Å²) in [6, 6.07) is 0. The summed E-state index contributed by atoms with van der Waals surface area (Å²) in [4.78, 5) is 21.4. The van der Waals surface area contributed by atoms with E-state index in [0.717, 1.165) is 25.7 Å². The van der Waals surface area contributed by atoms with Gasteiger partial charge in [-0.25, -0.2) is 0 Å². The lowest BCUT2D eigenvalue weighted by Crippen LogP contribution is -2.21. The average Bonchev–Trinajstić information content (AvgIpc) is 2.18. The molecule has 0 amide bonds. The topological polar surface area (TPSA) is 63.6 Å². The lowest BCUT2D eigenvalue weighted by molar-refractivity contribution is -0.146. The minimum Gasteiger partial charge on any atom is -0.481 e. The third-order valence-electron chi connectivity index (χ3n) is 2.50.